The monoisotopic (exact) mass is 336 g/mol. The lowest BCUT2D eigenvalue weighted by molar-refractivity contribution is 0.183. The Balaban J connectivity index is 1.84. The fourth-order valence-corrected chi connectivity index (χ4v) is 3.42. The minimum Gasteiger partial charge on any atom is -0.356 e. The lowest BCUT2D eigenvalue weighted by Gasteiger charge is -2.33. The number of likely N-dealkylation sites (tertiary alicyclic amines) is 1. The van der Waals surface area contributed by atoms with Crippen LogP contribution >= 0.6 is 11.6 Å². The van der Waals surface area contributed by atoms with Crippen LogP contribution < -0.4 is 5.32 Å². The van der Waals surface area contributed by atoms with E-state index in [1.54, 1.807) is 0 Å². The summed E-state index contributed by atoms with van der Waals surface area (Å²) >= 11 is 6.06. The summed E-state index contributed by atoms with van der Waals surface area (Å²) in [4.78, 5) is 9.10. The van der Waals surface area contributed by atoms with Crippen LogP contribution in [0.25, 0.3) is 0 Å². The van der Waals surface area contributed by atoms with Crippen molar-refractivity contribution in [3.8, 4) is 0 Å². The number of benzene rings is 1. The normalized spacial score (nSPS) is 19.7. The minimum atomic E-state index is 0.708. The van der Waals surface area contributed by atoms with E-state index in [1.165, 1.54) is 31.5 Å². The van der Waals surface area contributed by atoms with Crippen LogP contribution in [0.3, 0.4) is 0 Å². The van der Waals surface area contributed by atoms with Gasteiger partial charge >= 0.3 is 0 Å². The van der Waals surface area contributed by atoms with E-state index in [-0.39, 0.29) is 0 Å². The molecule has 1 fully saturated rings. The molecule has 1 saturated heterocycles. The van der Waals surface area contributed by atoms with Gasteiger partial charge in [-0.1, -0.05) is 30.7 Å². The number of aliphatic imine (C=N–C) groups is 1. The molecule has 2 rings (SSSR count). The van der Waals surface area contributed by atoms with E-state index in [1.807, 2.05) is 25.2 Å². The molecule has 1 aromatic rings. The largest absolute Gasteiger partial charge is 0.356 e. The van der Waals surface area contributed by atoms with Gasteiger partial charge in [-0.2, -0.15) is 0 Å². The quantitative estimate of drug-likeness (QED) is 0.662. The van der Waals surface area contributed by atoms with Crippen LogP contribution in [0, 0.1) is 5.92 Å². The molecule has 0 aliphatic carbocycles. The molecule has 0 spiro atoms. The fourth-order valence-electron chi connectivity index (χ4n) is 3.21. The zero-order chi connectivity index (χ0) is 16.7. The minimum absolute atomic E-state index is 0.708. The molecular formula is C18H29ClN4. The molecule has 1 atom stereocenters. The summed E-state index contributed by atoms with van der Waals surface area (Å²) in [6, 6.07) is 7.99. The smallest absolute Gasteiger partial charge is 0.193 e. The zero-order valence-corrected chi connectivity index (χ0v) is 15.3. The van der Waals surface area contributed by atoms with Gasteiger partial charge in [-0.05, 0) is 49.5 Å². The Kier molecular flexibility index (Phi) is 7.18. The summed E-state index contributed by atoms with van der Waals surface area (Å²) in [6.07, 6.45) is 2.61. The average molecular weight is 337 g/mol. The molecule has 1 N–H and O–H groups in total. The second-order valence-electron chi connectivity index (χ2n) is 6.32. The lowest BCUT2D eigenvalue weighted by atomic mass is 9.98. The Morgan fingerprint density at radius 2 is 2.30 bits per heavy atom. The predicted octanol–water partition coefficient (Wildman–Crippen LogP) is 3.08. The van der Waals surface area contributed by atoms with Gasteiger partial charge in [-0.3, -0.25) is 4.99 Å². The first kappa shape index (κ1) is 18.1. The van der Waals surface area contributed by atoms with Crippen LogP contribution in [0.5, 0.6) is 0 Å². The van der Waals surface area contributed by atoms with E-state index in [0.29, 0.717) is 5.92 Å². The van der Waals surface area contributed by atoms with Crippen LogP contribution in [-0.2, 0) is 6.54 Å². The molecule has 0 saturated carbocycles. The molecule has 1 unspecified atom stereocenters. The molecule has 0 radical (unpaired) electrons. The molecule has 1 heterocycles. The first-order valence-corrected chi connectivity index (χ1v) is 8.88. The van der Waals surface area contributed by atoms with Gasteiger partial charge in [0.25, 0.3) is 0 Å². The molecule has 1 aromatic carbocycles. The number of guanidine groups is 1. The second-order valence-corrected chi connectivity index (χ2v) is 6.75. The number of rotatable bonds is 5. The van der Waals surface area contributed by atoms with Crippen molar-refractivity contribution in [2.45, 2.75) is 26.3 Å². The van der Waals surface area contributed by atoms with Crippen molar-refractivity contribution in [1.82, 2.24) is 15.1 Å². The second kappa shape index (κ2) is 9.14. The third-order valence-electron chi connectivity index (χ3n) is 4.48. The number of nitrogens with zero attached hydrogens (tertiary/aromatic N) is 3. The Labute approximate surface area is 145 Å². The Morgan fingerprint density at radius 3 is 3.00 bits per heavy atom. The standard InChI is InChI=1S/C18H29ClN4/c1-4-23-10-6-8-16(14-23)12-21-18(20-2)22(3)13-15-7-5-9-17(19)11-15/h5,7,9,11,16H,4,6,8,10,12-14H2,1-3H3,(H,20,21). The third kappa shape index (κ3) is 5.70. The van der Waals surface area contributed by atoms with Gasteiger partial charge in [-0.15, -0.1) is 0 Å². The maximum Gasteiger partial charge on any atom is 0.193 e. The van der Waals surface area contributed by atoms with Crippen LogP contribution in [0.15, 0.2) is 29.3 Å². The van der Waals surface area contributed by atoms with Crippen LogP contribution in [-0.4, -0.2) is 56.0 Å². The number of nitrogens with one attached hydrogen (secondary N) is 1. The van der Waals surface area contributed by atoms with E-state index >= 15 is 0 Å². The summed E-state index contributed by atoms with van der Waals surface area (Å²) in [7, 11) is 3.91. The first-order chi connectivity index (χ1) is 11.1. The van der Waals surface area contributed by atoms with Crippen molar-refractivity contribution in [3.63, 3.8) is 0 Å². The van der Waals surface area contributed by atoms with E-state index < -0.39 is 0 Å². The summed E-state index contributed by atoms with van der Waals surface area (Å²) in [5.41, 5.74) is 1.19. The van der Waals surface area contributed by atoms with Crippen molar-refractivity contribution < 1.29 is 0 Å². The van der Waals surface area contributed by atoms with Gasteiger partial charge in [0, 0.05) is 38.8 Å². The van der Waals surface area contributed by atoms with E-state index in [2.05, 4.69) is 40.1 Å². The molecule has 23 heavy (non-hydrogen) atoms. The molecule has 0 aromatic heterocycles. The Morgan fingerprint density at radius 1 is 1.48 bits per heavy atom. The maximum atomic E-state index is 6.06. The van der Waals surface area contributed by atoms with Gasteiger partial charge in [0.2, 0.25) is 0 Å². The summed E-state index contributed by atoms with van der Waals surface area (Å²) in [6.45, 7) is 7.62. The fraction of sp³-hybridized carbons (Fsp3) is 0.611. The van der Waals surface area contributed by atoms with Crippen molar-refractivity contribution in [2.24, 2.45) is 10.9 Å². The van der Waals surface area contributed by atoms with Gasteiger partial charge in [0.1, 0.15) is 0 Å². The molecule has 5 heteroatoms. The maximum absolute atomic E-state index is 6.06. The number of hydrogen-bond donors (Lipinski definition) is 1. The van der Waals surface area contributed by atoms with Gasteiger partial charge in [-0.25, -0.2) is 0 Å². The number of halogens is 1. The van der Waals surface area contributed by atoms with Gasteiger partial charge < -0.3 is 15.1 Å². The molecule has 0 bridgehead atoms. The molecule has 1 aliphatic rings. The van der Waals surface area contributed by atoms with Crippen molar-refractivity contribution in [1.29, 1.82) is 0 Å². The molecule has 0 amide bonds. The van der Waals surface area contributed by atoms with Gasteiger partial charge in [0.05, 0.1) is 0 Å². The highest BCUT2D eigenvalue weighted by molar-refractivity contribution is 6.30. The van der Waals surface area contributed by atoms with E-state index in [0.717, 1.165) is 30.6 Å². The Hall–Kier alpha value is -1.26. The highest BCUT2D eigenvalue weighted by atomic mass is 35.5. The summed E-state index contributed by atoms with van der Waals surface area (Å²) < 4.78 is 0. The third-order valence-corrected chi connectivity index (χ3v) is 4.72. The summed E-state index contributed by atoms with van der Waals surface area (Å²) in [5, 5.41) is 4.31. The highest BCUT2D eigenvalue weighted by Crippen LogP contribution is 2.15. The number of hydrogen-bond acceptors (Lipinski definition) is 2. The van der Waals surface area contributed by atoms with Crippen LogP contribution in [0.2, 0.25) is 5.02 Å². The number of piperidine rings is 1. The topological polar surface area (TPSA) is 30.9 Å². The van der Waals surface area contributed by atoms with Crippen molar-refractivity contribution in [3.05, 3.63) is 34.9 Å². The SMILES string of the molecule is CCN1CCCC(CNC(=NC)N(C)Cc2cccc(Cl)c2)C1. The van der Waals surface area contributed by atoms with Crippen LogP contribution in [0.1, 0.15) is 25.3 Å². The van der Waals surface area contributed by atoms with Crippen molar-refractivity contribution in [2.75, 3.05) is 40.3 Å². The average Bonchev–Trinajstić information content (AvgIpc) is 2.55. The highest BCUT2D eigenvalue weighted by Gasteiger charge is 2.19. The van der Waals surface area contributed by atoms with Crippen LogP contribution in [0.4, 0.5) is 0 Å². The van der Waals surface area contributed by atoms with E-state index in [9.17, 15) is 0 Å². The van der Waals surface area contributed by atoms with Crippen molar-refractivity contribution >= 4 is 17.6 Å². The molecule has 4 nitrogen and oxygen atoms in total. The summed E-state index contributed by atoms with van der Waals surface area (Å²) in [5.74, 6) is 1.65. The molecule has 1 aliphatic heterocycles. The first-order valence-electron chi connectivity index (χ1n) is 8.51. The molecule has 128 valence electrons. The zero-order valence-electron chi connectivity index (χ0n) is 14.6. The predicted molar refractivity (Wildman–Crippen MR) is 99.1 cm³/mol. The lowest BCUT2D eigenvalue weighted by Crippen LogP contribution is -2.44. The Bertz CT molecular complexity index is 517. The van der Waals surface area contributed by atoms with Gasteiger partial charge in [0.15, 0.2) is 5.96 Å². The van der Waals surface area contributed by atoms with E-state index in [4.69, 9.17) is 11.6 Å². The molecular weight excluding hydrogens is 308 g/mol.